The van der Waals surface area contributed by atoms with E-state index in [1.54, 1.807) is 0 Å². The first-order valence-corrected chi connectivity index (χ1v) is 7.73. The first-order valence-electron chi connectivity index (χ1n) is 7.73. The fraction of sp³-hybridized carbons (Fsp3) is 1.00. The molecule has 0 aliphatic carbocycles. The predicted molar refractivity (Wildman–Crippen MR) is 75.6 cm³/mol. The Labute approximate surface area is 130 Å². The summed E-state index contributed by atoms with van der Waals surface area (Å²) in [7, 11) is 0. The van der Waals surface area contributed by atoms with Crippen molar-refractivity contribution < 1.29 is 39.7 Å². The molecule has 1 saturated heterocycles. The van der Waals surface area contributed by atoms with E-state index in [-0.39, 0.29) is 13.2 Å². The van der Waals surface area contributed by atoms with Crippen molar-refractivity contribution >= 4 is 0 Å². The lowest BCUT2D eigenvalue weighted by atomic mass is 9.94. The van der Waals surface area contributed by atoms with E-state index >= 15 is 0 Å². The van der Waals surface area contributed by atoms with Crippen LogP contribution < -0.4 is 0 Å². The Balaban J connectivity index is 2.96. The first kappa shape index (κ1) is 19.7. The van der Waals surface area contributed by atoms with Gasteiger partial charge in [-0.25, -0.2) is 0 Å². The molecule has 0 aromatic rings. The Hall–Kier alpha value is -0.320. The van der Waals surface area contributed by atoms with E-state index in [9.17, 15) is 25.5 Å². The van der Waals surface area contributed by atoms with Gasteiger partial charge in [0.15, 0.2) is 0 Å². The molecule has 1 rings (SSSR count). The Bertz CT molecular complexity index is 328. The number of hydrogen-bond donors (Lipinski definition) is 5. The van der Waals surface area contributed by atoms with Gasteiger partial charge < -0.3 is 39.7 Å². The Morgan fingerprint density at radius 2 is 1.55 bits per heavy atom. The second-order valence-electron chi connectivity index (χ2n) is 5.46. The van der Waals surface area contributed by atoms with Gasteiger partial charge in [-0.1, -0.05) is 26.7 Å². The van der Waals surface area contributed by atoms with Gasteiger partial charge in [0.25, 0.3) is 5.79 Å². The monoisotopic (exact) mass is 324 g/mol. The van der Waals surface area contributed by atoms with Crippen LogP contribution in [0, 0.1) is 0 Å². The van der Waals surface area contributed by atoms with Crippen molar-refractivity contribution in [3.63, 3.8) is 0 Å². The lowest BCUT2D eigenvalue weighted by Crippen LogP contribution is -2.75. The topological polar surface area (TPSA) is 129 Å². The van der Waals surface area contributed by atoms with Crippen molar-refractivity contribution in [2.45, 2.75) is 69.6 Å². The molecule has 8 nitrogen and oxygen atoms in total. The lowest BCUT2D eigenvalue weighted by molar-refractivity contribution is -0.530. The molecule has 1 unspecified atom stereocenters. The molecule has 5 N–H and O–H groups in total. The molecule has 0 amide bonds. The fourth-order valence-corrected chi connectivity index (χ4v) is 2.17. The number of ether oxygens (including phenoxy) is 3. The van der Waals surface area contributed by atoms with Crippen LogP contribution in [0.1, 0.15) is 39.5 Å². The van der Waals surface area contributed by atoms with E-state index in [2.05, 4.69) is 0 Å². The number of unbranched alkanes of at least 4 members (excludes halogenated alkanes) is 2. The molecule has 0 saturated carbocycles. The minimum Gasteiger partial charge on any atom is -0.394 e. The maximum atomic E-state index is 10.6. The van der Waals surface area contributed by atoms with E-state index in [0.717, 1.165) is 12.8 Å². The summed E-state index contributed by atoms with van der Waals surface area (Å²) in [5.74, 6) is -5.33. The average Bonchev–Trinajstić information content (AvgIpc) is 2.50. The van der Waals surface area contributed by atoms with Crippen molar-refractivity contribution in [2.24, 2.45) is 0 Å². The van der Waals surface area contributed by atoms with Crippen LogP contribution in [0.15, 0.2) is 0 Å². The number of rotatable bonds is 9. The molecule has 132 valence electrons. The van der Waals surface area contributed by atoms with Crippen LogP contribution in [-0.2, 0) is 14.2 Å². The summed E-state index contributed by atoms with van der Waals surface area (Å²) < 4.78 is 15.5. The summed E-state index contributed by atoms with van der Waals surface area (Å²) in [5.41, 5.74) is 0. The normalized spacial score (nSPS) is 39.1. The van der Waals surface area contributed by atoms with Crippen LogP contribution in [0.2, 0.25) is 0 Å². The molecule has 5 atom stereocenters. The van der Waals surface area contributed by atoms with Gasteiger partial charge in [0, 0.05) is 0 Å². The van der Waals surface area contributed by atoms with Gasteiger partial charge in [0.05, 0.1) is 19.8 Å². The first-order chi connectivity index (χ1) is 10.4. The van der Waals surface area contributed by atoms with Crippen molar-refractivity contribution in [1.82, 2.24) is 0 Å². The van der Waals surface area contributed by atoms with E-state index in [1.807, 2.05) is 13.8 Å². The van der Waals surface area contributed by atoms with Gasteiger partial charge in [-0.3, -0.25) is 0 Å². The molecule has 0 aromatic carbocycles. The SMILES string of the molecule is CCCCOC1(O)O[C@H](CO)[C@@H](O)[C@H](O)[C@]1(O)OCCCC. The second kappa shape index (κ2) is 8.51. The van der Waals surface area contributed by atoms with Crippen LogP contribution in [0.5, 0.6) is 0 Å². The van der Waals surface area contributed by atoms with E-state index < -0.39 is 36.7 Å². The summed E-state index contributed by atoms with van der Waals surface area (Å²) >= 11 is 0. The summed E-state index contributed by atoms with van der Waals surface area (Å²) in [4.78, 5) is 0. The standard InChI is InChI=1S/C14H28O8/c1-3-5-7-20-13(18)12(17)11(16)10(9-15)22-14(13,19)21-8-6-4-2/h10-12,15-19H,3-9H2,1-2H3/t10-,11-,12+,13+,14?/m1/s1. The quantitative estimate of drug-likeness (QED) is 0.272. The Morgan fingerprint density at radius 1 is 1.00 bits per heavy atom. The van der Waals surface area contributed by atoms with Crippen molar-refractivity contribution in [3.8, 4) is 0 Å². The smallest absolute Gasteiger partial charge is 0.341 e. The van der Waals surface area contributed by atoms with E-state index in [0.29, 0.717) is 12.8 Å². The molecule has 1 aliphatic rings. The van der Waals surface area contributed by atoms with Crippen LogP contribution in [0.25, 0.3) is 0 Å². The minimum absolute atomic E-state index is 0.0311. The third-order valence-electron chi connectivity index (χ3n) is 3.66. The molecule has 0 spiro atoms. The third kappa shape index (κ3) is 3.95. The molecule has 1 aliphatic heterocycles. The largest absolute Gasteiger partial charge is 0.394 e. The second-order valence-corrected chi connectivity index (χ2v) is 5.46. The van der Waals surface area contributed by atoms with Gasteiger partial charge in [-0.2, -0.15) is 0 Å². The predicted octanol–water partition coefficient (Wildman–Crippen LogP) is -0.933. The fourth-order valence-electron chi connectivity index (χ4n) is 2.17. The number of hydrogen-bond acceptors (Lipinski definition) is 8. The average molecular weight is 324 g/mol. The highest BCUT2D eigenvalue weighted by molar-refractivity contribution is 4.98. The van der Waals surface area contributed by atoms with Crippen molar-refractivity contribution in [3.05, 3.63) is 0 Å². The zero-order chi connectivity index (χ0) is 16.8. The number of aliphatic hydroxyl groups is 5. The molecule has 22 heavy (non-hydrogen) atoms. The summed E-state index contributed by atoms with van der Waals surface area (Å²) in [6, 6.07) is 0. The summed E-state index contributed by atoms with van der Waals surface area (Å²) in [6.07, 6.45) is -2.15. The van der Waals surface area contributed by atoms with Crippen LogP contribution in [0.3, 0.4) is 0 Å². The zero-order valence-electron chi connectivity index (χ0n) is 13.1. The highest BCUT2D eigenvalue weighted by Gasteiger charge is 2.66. The molecule has 0 aromatic heterocycles. The summed E-state index contributed by atoms with van der Waals surface area (Å²) in [6.45, 7) is 3.23. The molecule has 0 bridgehead atoms. The van der Waals surface area contributed by atoms with Gasteiger partial charge in [0.2, 0.25) is 0 Å². The molecule has 1 fully saturated rings. The molecule has 1 heterocycles. The molecular formula is C14H28O8. The van der Waals surface area contributed by atoms with Crippen LogP contribution >= 0.6 is 0 Å². The van der Waals surface area contributed by atoms with Gasteiger partial charge >= 0.3 is 5.97 Å². The van der Waals surface area contributed by atoms with Crippen molar-refractivity contribution in [2.75, 3.05) is 19.8 Å². The highest BCUT2D eigenvalue weighted by Crippen LogP contribution is 2.38. The maximum Gasteiger partial charge on any atom is 0.341 e. The van der Waals surface area contributed by atoms with Crippen LogP contribution in [0.4, 0.5) is 0 Å². The molecule has 0 radical (unpaired) electrons. The van der Waals surface area contributed by atoms with Gasteiger partial charge in [0.1, 0.15) is 18.3 Å². The Kier molecular flexibility index (Phi) is 7.63. The third-order valence-corrected chi connectivity index (χ3v) is 3.66. The Morgan fingerprint density at radius 3 is 2.05 bits per heavy atom. The number of aliphatic hydroxyl groups excluding tert-OH is 3. The van der Waals surface area contributed by atoms with Gasteiger partial charge in [-0.05, 0) is 12.8 Å². The van der Waals surface area contributed by atoms with E-state index in [4.69, 9.17) is 14.2 Å². The van der Waals surface area contributed by atoms with Crippen molar-refractivity contribution in [1.29, 1.82) is 0 Å². The lowest BCUT2D eigenvalue weighted by Gasteiger charge is -2.51. The van der Waals surface area contributed by atoms with Crippen LogP contribution in [-0.4, -0.2) is 75.4 Å². The maximum absolute atomic E-state index is 10.6. The molecule has 8 heteroatoms. The molecular weight excluding hydrogens is 296 g/mol. The minimum atomic E-state index is -2.68. The summed E-state index contributed by atoms with van der Waals surface area (Å²) in [5, 5.41) is 50.3. The van der Waals surface area contributed by atoms with E-state index in [1.165, 1.54) is 0 Å². The van der Waals surface area contributed by atoms with Gasteiger partial charge in [-0.15, -0.1) is 0 Å². The zero-order valence-corrected chi connectivity index (χ0v) is 13.1. The highest BCUT2D eigenvalue weighted by atomic mass is 16.9.